The molecule has 12 heavy (non-hydrogen) atoms. The van der Waals surface area contributed by atoms with E-state index in [1.165, 1.54) is 11.3 Å². The average molecular weight is 252 g/mol. The molecule has 1 heterocycles. The molecule has 0 aliphatic rings. The molecule has 1 aromatic rings. The van der Waals surface area contributed by atoms with Gasteiger partial charge in [-0.25, -0.2) is 0 Å². The Morgan fingerprint density at radius 2 is 2.42 bits per heavy atom. The fourth-order valence-electron chi connectivity index (χ4n) is 0.689. The highest BCUT2D eigenvalue weighted by Gasteiger charge is 1.98. The van der Waals surface area contributed by atoms with Crippen LogP contribution in [0.3, 0.4) is 0 Å². The number of nitrogens with one attached hydrogen (secondary N) is 1. The fraction of sp³-hybridized carbons (Fsp3) is 0.667. The van der Waals surface area contributed by atoms with Crippen molar-refractivity contribution in [3.05, 3.63) is 3.92 Å². The van der Waals surface area contributed by atoms with Gasteiger partial charge in [-0.3, -0.25) is 0 Å². The molecule has 0 fully saturated rings. The molecule has 1 rings (SSSR count). The van der Waals surface area contributed by atoms with Gasteiger partial charge in [0, 0.05) is 20.3 Å². The summed E-state index contributed by atoms with van der Waals surface area (Å²) in [6, 6.07) is 0. The smallest absolute Gasteiger partial charge is 0.206 e. The van der Waals surface area contributed by atoms with Crippen LogP contribution in [0.2, 0.25) is 0 Å². The Hall–Kier alpha value is -0.200. The zero-order valence-corrected chi connectivity index (χ0v) is 9.11. The number of halogens is 1. The van der Waals surface area contributed by atoms with Crippen LogP contribution >= 0.6 is 27.3 Å². The van der Waals surface area contributed by atoms with E-state index in [9.17, 15) is 0 Å². The number of aromatic nitrogens is 2. The van der Waals surface area contributed by atoms with Crippen LogP contribution < -0.4 is 5.32 Å². The van der Waals surface area contributed by atoms with Gasteiger partial charge in [-0.2, -0.15) is 0 Å². The molecule has 68 valence electrons. The molecule has 0 amide bonds. The SMILES string of the molecule is COCCCNc1nnc(Br)s1. The standard InChI is InChI=1S/C6H10BrN3OS/c1-11-4-2-3-8-6-10-9-5(7)12-6/h2-4H2,1H3,(H,8,10). The third-order valence-corrected chi connectivity index (χ3v) is 2.52. The summed E-state index contributed by atoms with van der Waals surface area (Å²) >= 11 is 4.72. The first-order chi connectivity index (χ1) is 5.83. The monoisotopic (exact) mass is 251 g/mol. The molecule has 6 heteroatoms. The van der Waals surface area contributed by atoms with Gasteiger partial charge in [-0.1, -0.05) is 11.3 Å². The molecular formula is C6H10BrN3OS. The highest BCUT2D eigenvalue weighted by molar-refractivity contribution is 9.11. The minimum atomic E-state index is 0.771. The minimum Gasteiger partial charge on any atom is -0.385 e. The van der Waals surface area contributed by atoms with Crippen LogP contribution in [0.4, 0.5) is 5.13 Å². The second-order valence-electron chi connectivity index (χ2n) is 2.13. The zero-order valence-electron chi connectivity index (χ0n) is 6.71. The number of anilines is 1. The highest BCUT2D eigenvalue weighted by Crippen LogP contribution is 2.19. The summed E-state index contributed by atoms with van der Waals surface area (Å²) in [7, 11) is 1.70. The minimum absolute atomic E-state index is 0.771. The second-order valence-corrected chi connectivity index (χ2v) is 4.39. The van der Waals surface area contributed by atoms with E-state index >= 15 is 0 Å². The lowest BCUT2D eigenvalue weighted by atomic mass is 10.4. The van der Waals surface area contributed by atoms with Gasteiger partial charge in [0.2, 0.25) is 5.13 Å². The number of hydrogen-bond acceptors (Lipinski definition) is 5. The molecule has 0 atom stereocenters. The van der Waals surface area contributed by atoms with Crippen molar-refractivity contribution >= 4 is 32.4 Å². The summed E-state index contributed by atoms with van der Waals surface area (Å²) in [4.78, 5) is 0. The number of rotatable bonds is 5. The summed E-state index contributed by atoms with van der Waals surface area (Å²) in [5, 5.41) is 11.7. The Kier molecular flexibility index (Phi) is 4.49. The van der Waals surface area contributed by atoms with Crippen LogP contribution in [-0.2, 0) is 4.74 Å². The lowest BCUT2D eigenvalue weighted by Crippen LogP contribution is -2.04. The van der Waals surface area contributed by atoms with E-state index in [1.54, 1.807) is 7.11 Å². The maximum absolute atomic E-state index is 4.90. The van der Waals surface area contributed by atoms with Gasteiger partial charge in [0.05, 0.1) is 0 Å². The fourth-order valence-corrected chi connectivity index (χ4v) is 1.72. The molecule has 0 saturated carbocycles. The maximum Gasteiger partial charge on any atom is 0.206 e. The van der Waals surface area contributed by atoms with E-state index in [0.29, 0.717) is 0 Å². The maximum atomic E-state index is 4.90. The zero-order chi connectivity index (χ0) is 8.81. The molecule has 1 aromatic heterocycles. The Labute approximate surface area is 83.5 Å². The first-order valence-corrected chi connectivity index (χ1v) is 5.15. The normalized spacial score (nSPS) is 10.2. The summed E-state index contributed by atoms with van der Waals surface area (Å²) in [6.07, 6.45) is 0.980. The van der Waals surface area contributed by atoms with Crippen LogP contribution in [0, 0.1) is 0 Å². The number of nitrogens with zero attached hydrogens (tertiary/aromatic N) is 2. The Morgan fingerprint density at radius 1 is 1.58 bits per heavy atom. The van der Waals surface area contributed by atoms with Gasteiger partial charge in [0.15, 0.2) is 3.92 Å². The largest absolute Gasteiger partial charge is 0.385 e. The van der Waals surface area contributed by atoms with Crippen LogP contribution in [0.5, 0.6) is 0 Å². The molecule has 4 nitrogen and oxygen atoms in total. The predicted molar refractivity (Wildman–Crippen MR) is 52.6 cm³/mol. The van der Waals surface area contributed by atoms with Crippen molar-refractivity contribution in [2.24, 2.45) is 0 Å². The van der Waals surface area contributed by atoms with Crippen molar-refractivity contribution in [3.63, 3.8) is 0 Å². The van der Waals surface area contributed by atoms with Crippen LogP contribution in [0.15, 0.2) is 3.92 Å². The van der Waals surface area contributed by atoms with E-state index in [-0.39, 0.29) is 0 Å². The van der Waals surface area contributed by atoms with Crippen molar-refractivity contribution in [2.75, 3.05) is 25.6 Å². The Bertz CT molecular complexity index is 230. The number of ether oxygens (including phenoxy) is 1. The Balaban J connectivity index is 2.15. The molecule has 0 bridgehead atoms. The molecule has 0 unspecified atom stereocenters. The molecule has 0 spiro atoms. The number of methoxy groups -OCH3 is 1. The third kappa shape index (κ3) is 3.46. The number of hydrogen-bond donors (Lipinski definition) is 1. The predicted octanol–water partition coefficient (Wildman–Crippen LogP) is 1.75. The lowest BCUT2D eigenvalue weighted by Gasteiger charge is -1.99. The van der Waals surface area contributed by atoms with Crippen LogP contribution in [-0.4, -0.2) is 30.5 Å². The van der Waals surface area contributed by atoms with E-state index in [2.05, 4.69) is 31.4 Å². The van der Waals surface area contributed by atoms with Gasteiger partial charge in [0.1, 0.15) is 0 Å². The molecule has 0 aliphatic heterocycles. The summed E-state index contributed by atoms with van der Waals surface area (Å²) < 4.78 is 5.71. The van der Waals surface area contributed by atoms with Crippen LogP contribution in [0.1, 0.15) is 6.42 Å². The average Bonchev–Trinajstić information content (AvgIpc) is 2.45. The van der Waals surface area contributed by atoms with Gasteiger partial charge < -0.3 is 10.1 Å². The molecule has 0 saturated heterocycles. The Morgan fingerprint density at radius 3 is 3.00 bits per heavy atom. The van der Waals surface area contributed by atoms with Gasteiger partial charge in [0.25, 0.3) is 0 Å². The van der Waals surface area contributed by atoms with Crippen molar-refractivity contribution in [1.82, 2.24) is 10.2 Å². The quantitative estimate of drug-likeness (QED) is 0.811. The first-order valence-electron chi connectivity index (χ1n) is 3.54. The lowest BCUT2D eigenvalue weighted by molar-refractivity contribution is 0.198. The second kappa shape index (κ2) is 5.45. The van der Waals surface area contributed by atoms with Gasteiger partial charge >= 0.3 is 0 Å². The molecule has 0 aromatic carbocycles. The third-order valence-electron chi connectivity index (χ3n) is 1.20. The van der Waals surface area contributed by atoms with Gasteiger partial charge in [-0.05, 0) is 22.4 Å². The van der Waals surface area contributed by atoms with Crippen molar-refractivity contribution < 1.29 is 4.74 Å². The van der Waals surface area contributed by atoms with Crippen molar-refractivity contribution in [3.8, 4) is 0 Å². The van der Waals surface area contributed by atoms with Crippen molar-refractivity contribution in [2.45, 2.75) is 6.42 Å². The molecular weight excluding hydrogens is 242 g/mol. The van der Waals surface area contributed by atoms with E-state index < -0.39 is 0 Å². The van der Waals surface area contributed by atoms with E-state index in [4.69, 9.17) is 4.74 Å². The van der Waals surface area contributed by atoms with Gasteiger partial charge in [-0.15, -0.1) is 10.2 Å². The van der Waals surface area contributed by atoms with Crippen LogP contribution in [0.25, 0.3) is 0 Å². The molecule has 1 N–H and O–H groups in total. The molecule has 0 aliphatic carbocycles. The summed E-state index contributed by atoms with van der Waals surface area (Å²) in [6.45, 7) is 1.64. The van der Waals surface area contributed by atoms with E-state index in [0.717, 1.165) is 28.6 Å². The molecule has 0 radical (unpaired) electrons. The summed E-state index contributed by atoms with van der Waals surface area (Å²) in [5.74, 6) is 0. The van der Waals surface area contributed by atoms with E-state index in [1.807, 2.05) is 0 Å². The first kappa shape index (κ1) is 9.88. The summed E-state index contributed by atoms with van der Waals surface area (Å²) in [5.41, 5.74) is 0. The topological polar surface area (TPSA) is 47.0 Å². The van der Waals surface area contributed by atoms with Crippen molar-refractivity contribution in [1.29, 1.82) is 0 Å². The highest BCUT2D eigenvalue weighted by atomic mass is 79.9.